The molecule has 2 N–H and O–H groups in total. The van der Waals surface area contributed by atoms with E-state index in [-0.39, 0.29) is 5.91 Å². The monoisotopic (exact) mass is 262 g/mol. The predicted molar refractivity (Wildman–Crippen MR) is 74.7 cm³/mol. The van der Waals surface area contributed by atoms with Crippen molar-refractivity contribution in [2.24, 2.45) is 0 Å². The van der Waals surface area contributed by atoms with Gasteiger partial charge in [0.1, 0.15) is 0 Å². The SMILES string of the molecule is CC(=O)NCCN1CCC(O)(c2ccccc2)CC1. The summed E-state index contributed by atoms with van der Waals surface area (Å²) in [5, 5.41) is 13.5. The summed E-state index contributed by atoms with van der Waals surface area (Å²) < 4.78 is 0. The molecule has 1 heterocycles. The summed E-state index contributed by atoms with van der Waals surface area (Å²) in [5.74, 6) is 0.0119. The fourth-order valence-electron chi connectivity index (χ4n) is 2.57. The van der Waals surface area contributed by atoms with Crippen molar-refractivity contribution in [3.8, 4) is 0 Å². The van der Waals surface area contributed by atoms with Gasteiger partial charge in [-0.3, -0.25) is 4.79 Å². The quantitative estimate of drug-likeness (QED) is 0.854. The number of hydrogen-bond donors (Lipinski definition) is 2. The maximum atomic E-state index is 10.8. The first-order valence-corrected chi connectivity index (χ1v) is 6.85. The van der Waals surface area contributed by atoms with Crippen molar-refractivity contribution in [2.45, 2.75) is 25.4 Å². The Labute approximate surface area is 114 Å². The number of piperidine rings is 1. The van der Waals surface area contributed by atoms with Crippen LogP contribution in [0.5, 0.6) is 0 Å². The summed E-state index contributed by atoms with van der Waals surface area (Å²) in [6.45, 7) is 4.80. The third kappa shape index (κ3) is 3.78. The summed E-state index contributed by atoms with van der Waals surface area (Å²) in [6.07, 6.45) is 1.49. The lowest BCUT2D eigenvalue weighted by molar-refractivity contribution is -0.119. The summed E-state index contributed by atoms with van der Waals surface area (Å²) in [5.41, 5.74) is 0.322. The van der Waals surface area contributed by atoms with Crippen LogP contribution in [0, 0.1) is 0 Å². The van der Waals surface area contributed by atoms with Gasteiger partial charge in [-0.15, -0.1) is 0 Å². The Morgan fingerprint density at radius 1 is 1.32 bits per heavy atom. The van der Waals surface area contributed by atoms with E-state index >= 15 is 0 Å². The lowest BCUT2D eigenvalue weighted by atomic mass is 9.84. The van der Waals surface area contributed by atoms with E-state index in [2.05, 4.69) is 10.2 Å². The third-order valence-corrected chi connectivity index (χ3v) is 3.80. The highest BCUT2D eigenvalue weighted by Gasteiger charge is 2.33. The second kappa shape index (κ2) is 6.17. The molecule has 19 heavy (non-hydrogen) atoms. The number of aliphatic hydroxyl groups is 1. The minimum atomic E-state index is -0.689. The minimum Gasteiger partial charge on any atom is -0.385 e. The molecule has 2 rings (SSSR count). The Kier molecular flexibility index (Phi) is 4.56. The zero-order valence-electron chi connectivity index (χ0n) is 11.4. The summed E-state index contributed by atoms with van der Waals surface area (Å²) in [6, 6.07) is 9.89. The van der Waals surface area contributed by atoms with E-state index in [4.69, 9.17) is 0 Å². The molecule has 1 saturated heterocycles. The number of carbonyl (C=O) groups is 1. The smallest absolute Gasteiger partial charge is 0.216 e. The van der Waals surface area contributed by atoms with Gasteiger partial charge in [0.05, 0.1) is 5.60 Å². The van der Waals surface area contributed by atoms with Crippen LogP contribution >= 0.6 is 0 Å². The lowest BCUT2D eigenvalue weighted by Crippen LogP contribution is -2.45. The van der Waals surface area contributed by atoms with Crippen LogP contribution in [0.25, 0.3) is 0 Å². The number of hydrogen-bond acceptors (Lipinski definition) is 3. The molecule has 0 aromatic heterocycles. The molecule has 0 atom stereocenters. The van der Waals surface area contributed by atoms with Gasteiger partial charge < -0.3 is 15.3 Å². The van der Waals surface area contributed by atoms with Crippen molar-refractivity contribution in [1.29, 1.82) is 0 Å². The number of amides is 1. The highest BCUT2D eigenvalue weighted by molar-refractivity contribution is 5.72. The highest BCUT2D eigenvalue weighted by atomic mass is 16.3. The highest BCUT2D eigenvalue weighted by Crippen LogP contribution is 2.32. The van der Waals surface area contributed by atoms with E-state index in [9.17, 15) is 9.90 Å². The van der Waals surface area contributed by atoms with Crippen molar-refractivity contribution in [1.82, 2.24) is 10.2 Å². The van der Waals surface area contributed by atoms with Crippen LogP contribution in [0.1, 0.15) is 25.3 Å². The van der Waals surface area contributed by atoms with Crippen molar-refractivity contribution in [3.05, 3.63) is 35.9 Å². The van der Waals surface area contributed by atoms with E-state index in [1.54, 1.807) is 0 Å². The van der Waals surface area contributed by atoms with Gasteiger partial charge in [-0.05, 0) is 18.4 Å². The summed E-state index contributed by atoms with van der Waals surface area (Å²) in [7, 11) is 0. The fourth-order valence-corrected chi connectivity index (χ4v) is 2.57. The Morgan fingerprint density at radius 3 is 2.53 bits per heavy atom. The van der Waals surface area contributed by atoms with Crippen molar-refractivity contribution < 1.29 is 9.90 Å². The van der Waals surface area contributed by atoms with Crippen LogP contribution in [0.4, 0.5) is 0 Å². The van der Waals surface area contributed by atoms with E-state index in [0.29, 0.717) is 6.54 Å². The van der Waals surface area contributed by atoms with Gasteiger partial charge >= 0.3 is 0 Å². The maximum absolute atomic E-state index is 10.8. The number of likely N-dealkylation sites (tertiary alicyclic amines) is 1. The molecular formula is C15H22N2O2. The third-order valence-electron chi connectivity index (χ3n) is 3.80. The van der Waals surface area contributed by atoms with Crippen LogP contribution in [-0.4, -0.2) is 42.1 Å². The number of carbonyl (C=O) groups excluding carboxylic acids is 1. The first-order chi connectivity index (χ1) is 9.10. The molecule has 1 aromatic carbocycles. The maximum Gasteiger partial charge on any atom is 0.216 e. The molecule has 4 nitrogen and oxygen atoms in total. The first-order valence-electron chi connectivity index (χ1n) is 6.85. The van der Waals surface area contributed by atoms with E-state index < -0.39 is 5.60 Å². The Morgan fingerprint density at radius 2 is 1.95 bits per heavy atom. The van der Waals surface area contributed by atoms with Crippen LogP contribution in [0.3, 0.4) is 0 Å². The number of nitrogens with one attached hydrogen (secondary N) is 1. The average molecular weight is 262 g/mol. The number of nitrogens with zero attached hydrogens (tertiary/aromatic N) is 1. The van der Waals surface area contributed by atoms with Gasteiger partial charge in [0.15, 0.2) is 0 Å². The largest absolute Gasteiger partial charge is 0.385 e. The molecule has 0 aliphatic carbocycles. The zero-order valence-corrected chi connectivity index (χ0v) is 11.4. The minimum absolute atomic E-state index is 0.0119. The van der Waals surface area contributed by atoms with E-state index in [0.717, 1.165) is 38.0 Å². The van der Waals surface area contributed by atoms with Gasteiger partial charge in [-0.2, -0.15) is 0 Å². The second-order valence-corrected chi connectivity index (χ2v) is 5.22. The normalized spacial score (nSPS) is 19.1. The molecule has 0 radical (unpaired) electrons. The van der Waals surface area contributed by atoms with Gasteiger partial charge in [0, 0.05) is 33.1 Å². The van der Waals surface area contributed by atoms with Gasteiger partial charge in [0.2, 0.25) is 5.91 Å². The molecule has 1 aliphatic heterocycles. The van der Waals surface area contributed by atoms with Crippen molar-refractivity contribution in [2.75, 3.05) is 26.2 Å². The summed E-state index contributed by atoms with van der Waals surface area (Å²) in [4.78, 5) is 13.1. The van der Waals surface area contributed by atoms with Crippen molar-refractivity contribution in [3.63, 3.8) is 0 Å². The van der Waals surface area contributed by atoms with Crippen LogP contribution in [0.15, 0.2) is 30.3 Å². The Balaban J connectivity index is 1.83. The van der Waals surface area contributed by atoms with Crippen LogP contribution < -0.4 is 5.32 Å². The molecule has 1 aliphatic rings. The molecule has 4 heteroatoms. The first kappa shape index (κ1) is 14.0. The van der Waals surface area contributed by atoms with E-state index in [1.165, 1.54) is 6.92 Å². The van der Waals surface area contributed by atoms with Crippen LogP contribution in [0.2, 0.25) is 0 Å². The Hall–Kier alpha value is -1.39. The Bertz CT molecular complexity index is 411. The lowest BCUT2D eigenvalue weighted by Gasteiger charge is -2.38. The molecular weight excluding hydrogens is 240 g/mol. The molecule has 1 amide bonds. The molecule has 1 aromatic rings. The fraction of sp³-hybridized carbons (Fsp3) is 0.533. The predicted octanol–water partition coefficient (Wildman–Crippen LogP) is 1.11. The standard InChI is InChI=1S/C15H22N2O2/c1-13(18)16-9-12-17-10-7-15(19,8-11-17)14-5-3-2-4-6-14/h2-6,19H,7-12H2,1H3,(H,16,18). The molecule has 0 unspecified atom stereocenters. The molecule has 0 saturated carbocycles. The second-order valence-electron chi connectivity index (χ2n) is 5.22. The van der Waals surface area contributed by atoms with Gasteiger partial charge in [0.25, 0.3) is 0 Å². The molecule has 0 bridgehead atoms. The average Bonchev–Trinajstić information content (AvgIpc) is 2.42. The molecule has 104 valence electrons. The van der Waals surface area contributed by atoms with Gasteiger partial charge in [-0.1, -0.05) is 30.3 Å². The zero-order chi connectivity index (χ0) is 13.7. The topological polar surface area (TPSA) is 52.6 Å². The van der Waals surface area contributed by atoms with Gasteiger partial charge in [-0.25, -0.2) is 0 Å². The summed E-state index contributed by atoms with van der Waals surface area (Å²) >= 11 is 0. The van der Waals surface area contributed by atoms with Crippen molar-refractivity contribution >= 4 is 5.91 Å². The van der Waals surface area contributed by atoms with Crippen LogP contribution in [-0.2, 0) is 10.4 Å². The molecule has 0 spiro atoms. The molecule has 1 fully saturated rings. The number of rotatable bonds is 4. The number of benzene rings is 1. The van der Waals surface area contributed by atoms with E-state index in [1.807, 2.05) is 30.3 Å².